The summed E-state index contributed by atoms with van der Waals surface area (Å²) in [7, 11) is 3.21. The minimum absolute atomic E-state index is 0.268. The molecular formula is C9H13N7O2. The molecule has 0 aliphatic carbocycles. The second kappa shape index (κ2) is 4.82. The Morgan fingerprint density at radius 2 is 2.39 bits per heavy atom. The first-order valence-electron chi connectivity index (χ1n) is 5.24. The average Bonchev–Trinajstić information content (AvgIpc) is 2.97. The highest BCUT2D eigenvalue weighted by molar-refractivity contribution is 5.92. The van der Waals surface area contributed by atoms with Gasteiger partial charge < -0.3 is 10.1 Å². The number of carbonyl (C=O) groups excluding carboxylic acids is 1. The van der Waals surface area contributed by atoms with E-state index in [1.165, 1.54) is 11.8 Å². The van der Waals surface area contributed by atoms with Gasteiger partial charge in [-0.05, 0) is 6.92 Å². The number of ether oxygens (including phenoxy) is 1. The Morgan fingerprint density at radius 3 is 2.94 bits per heavy atom. The van der Waals surface area contributed by atoms with E-state index in [4.69, 9.17) is 4.74 Å². The summed E-state index contributed by atoms with van der Waals surface area (Å²) in [5, 5.41) is 20.1. The molecule has 9 heteroatoms. The van der Waals surface area contributed by atoms with Gasteiger partial charge in [-0.3, -0.25) is 4.79 Å². The minimum Gasteiger partial charge on any atom is -0.481 e. The average molecular weight is 251 g/mol. The van der Waals surface area contributed by atoms with Gasteiger partial charge in [0, 0.05) is 13.1 Å². The highest BCUT2D eigenvalue weighted by Crippen LogP contribution is 2.12. The standard InChI is InChI=1S/C9H13N7O2/c1-5(8-11-14-15-12-8)10-9(17)6-4-7(18-3)16(2)13-6/h4-5H,1-3H3,(H,10,17)(H,11,12,14,15). The molecule has 0 bridgehead atoms. The summed E-state index contributed by atoms with van der Waals surface area (Å²) in [6.45, 7) is 1.75. The molecule has 1 amide bonds. The van der Waals surface area contributed by atoms with Crippen molar-refractivity contribution in [1.29, 1.82) is 0 Å². The van der Waals surface area contributed by atoms with Crippen LogP contribution in [0.15, 0.2) is 6.07 Å². The Kier molecular flexibility index (Phi) is 3.22. The van der Waals surface area contributed by atoms with Gasteiger partial charge >= 0.3 is 0 Å². The maximum absolute atomic E-state index is 11.9. The predicted octanol–water partition coefficient (Wildman–Crippen LogP) is -0.567. The number of nitrogens with zero attached hydrogens (tertiary/aromatic N) is 5. The summed E-state index contributed by atoms with van der Waals surface area (Å²) in [5.41, 5.74) is 0.268. The fraction of sp³-hybridized carbons (Fsp3) is 0.444. The van der Waals surface area contributed by atoms with Gasteiger partial charge in [-0.1, -0.05) is 5.21 Å². The number of amides is 1. The number of hydrogen-bond donors (Lipinski definition) is 2. The van der Waals surface area contributed by atoms with Crippen LogP contribution in [0, 0.1) is 0 Å². The van der Waals surface area contributed by atoms with Gasteiger partial charge in [-0.2, -0.15) is 10.3 Å². The lowest BCUT2D eigenvalue weighted by Gasteiger charge is -2.07. The smallest absolute Gasteiger partial charge is 0.272 e. The van der Waals surface area contributed by atoms with Crippen LogP contribution in [0.1, 0.15) is 29.3 Å². The maximum Gasteiger partial charge on any atom is 0.272 e. The van der Waals surface area contributed by atoms with Crippen LogP contribution in [-0.2, 0) is 7.05 Å². The monoisotopic (exact) mass is 251 g/mol. The van der Waals surface area contributed by atoms with Crippen molar-refractivity contribution in [3.05, 3.63) is 17.6 Å². The van der Waals surface area contributed by atoms with Crippen LogP contribution in [-0.4, -0.2) is 43.4 Å². The zero-order chi connectivity index (χ0) is 13.1. The molecule has 2 aromatic heterocycles. The summed E-state index contributed by atoms with van der Waals surface area (Å²) < 4.78 is 6.51. The molecule has 0 saturated carbocycles. The van der Waals surface area contributed by atoms with Gasteiger partial charge in [0.05, 0.1) is 13.2 Å². The molecular weight excluding hydrogens is 238 g/mol. The summed E-state index contributed by atoms with van der Waals surface area (Å²) >= 11 is 0. The largest absolute Gasteiger partial charge is 0.481 e. The first kappa shape index (κ1) is 12.0. The number of tetrazole rings is 1. The molecule has 2 rings (SSSR count). The first-order valence-corrected chi connectivity index (χ1v) is 5.24. The summed E-state index contributed by atoms with van der Waals surface area (Å²) in [6, 6.07) is 1.20. The van der Waals surface area contributed by atoms with Crippen LogP contribution in [0.4, 0.5) is 0 Å². The van der Waals surface area contributed by atoms with E-state index in [0.29, 0.717) is 11.7 Å². The van der Waals surface area contributed by atoms with Gasteiger partial charge in [0.15, 0.2) is 11.5 Å². The van der Waals surface area contributed by atoms with Gasteiger partial charge in [0.1, 0.15) is 0 Å². The molecule has 0 saturated heterocycles. The number of nitrogens with one attached hydrogen (secondary N) is 2. The summed E-state index contributed by atoms with van der Waals surface area (Å²) in [6.07, 6.45) is 0. The number of aryl methyl sites for hydroxylation is 1. The first-order chi connectivity index (χ1) is 8.61. The number of aromatic amines is 1. The molecule has 2 heterocycles. The summed E-state index contributed by atoms with van der Waals surface area (Å²) in [4.78, 5) is 11.9. The van der Waals surface area contributed by atoms with Crippen molar-refractivity contribution in [2.45, 2.75) is 13.0 Å². The second-order valence-corrected chi connectivity index (χ2v) is 3.66. The molecule has 0 spiro atoms. The van der Waals surface area contributed by atoms with Crippen molar-refractivity contribution in [2.24, 2.45) is 7.05 Å². The van der Waals surface area contributed by atoms with E-state index in [0.717, 1.165) is 0 Å². The molecule has 0 aromatic carbocycles. The van der Waals surface area contributed by atoms with Gasteiger partial charge in [-0.25, -0.2) is 4.68 Å². The molecule has 96 valence electrons. The lowest BCUT2D eigenvalue weighted by molar-refractivity contribution is 0.0932. The topological polar surface area (TPSA) is 111 Å². The molecule has 0 aliphatic heterocycles. The minimum atomic E-state index is -0.357. The van der Waals surface area contributed by atoms with Crippen molar-refractivity contribution >= 4 is 5.91 Å². The molecule has 9 nitrogen and oxygen atoms in total. The second-order valence-electron chi connectivity index (χ2n) is 3.66. The lowest BCUT2D eigenvalue weighted by atomic mass is 10.3. The number of methoxy groups -OCH3 is 1. The van der Waals surface area contributed by atoms with E-state index < -0.39 is 0 Å². The zero-order valence-corrected chi connectivity index (χ0v) is 10.2. The van der Waals surface area contributed by atoms with Crippen molar-refractivity contribution in [3.63, 3.8) is 0 Å². The van der Waals surface area contributed by atoms with E-state index in [9.17, 15) is 4.79 Å². The quantitative estimate of drug-likeness (QED) is 0.753. The molecule has 2 N–H and O–H groups in total. The molecule has 1 unspecified atom stereocenters. The third-order valence-electron chi connectivity index (χ3n) is 2.38. The van der Waals surface area contributed by atoms with Gasteiger partial charge in [-0.15, -0.1) is 10.2 Å². The Labute approximate surface area is 103 Å². The number of carbonyl (C=O) groups is 1. The zero-order valence-electron chi connectivity index (χ0n) is 10.2. The highest BCUT2D eigenvalue weighted by atomic mass is 16.5. The SMILES string of the molecule is COc1cc(C(=O)NC(C)c2nn[nH]n2)nn1C. The van der Waals surface area contributed by atoms with Crippen molar-refractivity contribution < 1.29 is 9.53 Å². The molecule has 0 aliphatic rings. The Balaban J connectivity index is 2.07. The van der Waals surface area contributed by atoms with E-state index >= 15 is 0 Å². The number of rotatable bonds is 4. The van der Waals surface area contributed by atoms with Gasteiger partial charge in [0.2, 0.25) is 5.88 Å². The number of H-pyrrole nitrogens is 1. The molecule has 0 fully saturated rings. The lowest BCUT2D eigenvalue weighted by Crippen LogP contribution is -2.27. The van der Waals surface area contributed by atoms with E-state index in [1.54, 1.807) is 20.0 Å². The van der Waals surface area contributed by atoms with Gasteiger partial charge in [0.25, 0.3) is 5.91 Å². The van der Waals surface area contributed by atoms with E-state index in [-0.39, 0.29) is 17.6 Å². The predicted molar refractivity (Wildman–Crippen MR) is 59.8 cm³/mol. The normalized spacial score (nSPS) is 12.2. The highest BCUT2D eigenvalue weighted by Gasteiger charge is 2.18. The van der Waals surface area contributed by atoms with Crippen molar-refractivity contribution in [3.8, 4) is 5.88 Å². The molecule has 0 radical (unpaired) electrons. The third kappa shape index (κ3) is 2.29. The fourth-order valence-corrected chi connectivity index (χ4v) is 1.44. The van der Waals surface area contributed by atoms with E-state index in [2.05, 4.69) is 31.0 Å². The van der Waals surface area contributed by atoms with Crippen molar-refractivity contribution in [2.75, 3.05) is 7.11 Å². The van der Waals surface area contributed by atoms with Crippen LogP contribution in [0.3, 0.4) is 0 Å². The Morgan fingerprint density at radius 1 is 1.61 bits per heavy atom. The van der Waals surface area contributed by atoms with E-state index in [1.807, 2.05) is 0 Å². The summed E-state index contributed by atoms with van der Waals surface area (Å²) in [5.74, 6) is 0.588. The fourth-order valence-electron chi connectivity index (χ4n) is 1.44. The molecule has 18 heavy (non-hydrogen) atoms. The van der Waals surface area contributed by atoms with Crippen LogP contribution in [0.25, 0.3) is 0 Å². The van der Waals surface area contributed by atoms with Crippen molar-refractivity contribution in [1.82, 2.24) is 35.7 Å². The molecule has 2 aromatic rings. The third-order valence-corrected chi connectivity index (χ3v) is 2.38. The number of aromatic nitrogens is 6. The Hall–Kier alpha value is -2.45. The maximum atomic E-state index is 11.9. The van der Waals surface area contributed by atoms with Crippen LogP contribution in [0.5, 0.6) is 5.88 Å². The van der Waals surface area contributed by atoms with Crippen LogP contribution >= 0.6 is 0 Å². The molecule has 1 atom stereocenters. The van der Waals surface area contributed by atoms with Crippen LogP contribution in [0.2, 0.25) is 0 Å². The number of hydrogen-bond acceptors (Lipinski definition) is 6. The Bertz CT molecular complexity index is 533. The van der Waals surface area contributed by atoms with Crippen LogP contribution < -0.4 is 10.1 Å².